The molecular formula is C23H28ClN3O6S. The lowest BCUT2D eigenvalue weighted by Crippen LogP contribution is -2.53. The topological polar surface area (TPSA) is 96.5 Å². The third-order valence-corrected chi connectivity index (χ3v) is 7.46. The number of carbonyl (C=O) groups is 2. The molecule has 0 radical (unpaired) electrons. The molecule has 1 aliphatic rings. The van der Waals surface area contributed by atoms with Crippen molar-refractivity contribution in [3.63, 3.8) is 0 Å². The average molecular weight is 510 g/mol. The van der Waals surface area contributed by atoms with Gasteiger partial charge in [-0.1, -0.05) is 29.3 Å². The van der Waals surface area contributed by atoms with Gasteiger partial charge in [0, 0.05) is 31.2 Å². The van der Waals surface area contributed by atoms with Crippen LogP contribution < -0.4 is 9.04 Å². The van der Waals surface area contributed by atoms with Gasteiger partial charge in [-0.25, -0.2) is 13.2 Å². The molecule has 11 heteroatoms. The van der Waals surface area contributed by atoms with E-state index < -0.39 is 28.6 Å². The highest BCUT2D eigenvalue weighted by Crippen LogP contribution is 2.35. The molecule has 0 saturated carbocycles. The van der Waals surface area contributed by atoms with Gasteiger partial charge in [0.2, 0.25) is 5.91 Å². The standard InChI is InChI=1S/C23H28ClN3O6S/c1-4-33-23(29)26-13-11-25(12-14-26)22(28)16-27(20-15-18(24)7-10-21(20)32-3)34(30,31)19-8-5-17(2)6-9-19/h5-10,15H,4,11-14,16H2,1-3H3. The second-order valence-electron chi connectivity index (χ2n) is 7.71. The second kappa shape index (κ2) is 11.0. The Kier molecular flexibility index (Phi) is 8.27. The Morgan fingerprint density at radius 1 is 1.03 bits per heavy atom. The van der Waals surface area contributed by atoms with E-state index in [0.29, 0.717) is 18.1 Å². The number of anilines is 1. The van der Waals surface area contributed by atoms with Crippen LogP contribution in [0.5, 0.6) is 5.75 Å². The van der Waals surface area contributed by atoms with E-state index in [2.05, 4.69) is 0 Å². The highest BCUT2D eigenvalue weighted by molar-refractivity contribution is 7.92. The van der Waals surface area contributed by atoms with Crippen molar-refractivity contribution in [1.29, 1.82) is 0 Å². The molecule has 2 amide bonds. The number of sulfonamides is 1. The number of carbonyl (C=O) groups excluding carboxylic acids is 2. The summed E-state index contributed by atoms with van der Waals surface area (Å²) >= 11 is 6.17. The lowest BCUT2D eigenvalue weighted by molar-refractivity contribution is -0.131. The molecule has 0 unspecified atom stereocenters. The average Bonchev–Trinajstić information content (AvgIpc) is 2.82. The van der Waals surface area contributed by atoms with Crippen LogP contribution in [0, 0.1) is 6.92 Å². The summed E-state index contributed by atoms with van der Waals surface area (Å²) in [4.78, 5) is 28.2. The molecule has 9 nitrogen and oxygen atoms in total. The highest BCUT2D eigenvalue weighted by Gasteiger charge is 2.32. The Morgan fingerprint density at radius 3 is 2.24 bits per heavy atom. The molecular weight excluding hydrogens is 482 g/mol. The first-order valence-corrected chi connectivity index (χ1v) is 12.6. The summed E-state index contributed by atoms with van der Waals surface area (Å²) in [6.45, 7) is 4.53. The molecule has 3 rings (SSSR count). The van der Waals surface area contributed by atoms with Crippen molar-refractivity contribution < 1.29 is 27.5 Å². The number of ether oxygens (including phenoxy) is 2. The summed E-state index contributed by atoms with van der Waals surface area (Å²) in [7, 11) is -2.71. The van der Waals surface area contributed by atoms with Gasteiger partial charge in [0.25, 0.3) is 10.0 Å². The molecule has 2 aromatic rings. The quantitative estimate of drug-likeness (QED) is 0.569. The third-order valence-electron chi connectivity index (χ3n) is 5.46. The van der Waals surface area contributed by atoms with Gasteiger partial charge in [-0.3, -0.25) is 9.10 Å². The summed E-state index contributed by atoms with van der Waals surface area (Å²) in [5.74, 6) is -0.138. The van der Waals surface area contributed by atoms with Gasteiger partial charge < -0.3 is 19.3 Å². The van der Waals surface area contributed by atoms with E-state index in [1.165, 1.54) is 35.1 Å². The molecule has 0 bridgehead atoms. The molecule has 0 aliphatic carbocycles. The molecule has 184 valence electrons. The fraction of sp³-hybridized carbons (Fsp3) is 0.391. The molecule has 34 heavy (non-hydrogen) atoms. The largest absolute Gasteiger partial charge is 0.495 e. The number of hydrogen-bond acceptors (Lipinski definition) is 6. The predicted molar refractivity (Wildman–Crippen MR) is 129 cm³/mol. The second-order valence-corrected chi connectivity index (χ2v) is 10.0. The van der Waals surface area contributed by atoms with Gasteiger partial charge in [-0.2, -0.15) is 0 Å². The maximum Gasteiger partial charge on any atom is 0.409 e. The molecule has 0 spiro atoms. The Morgan fingerprint density at radius 2 is 1.65 bits per heavy atom. The Labute approximate surface area is 204 Å². The van der Waals surface area contributed by atoms with Crippen LogP contribution in [0.25, 0.3) is 0 Å². The Hall–Kier alpha value is -2.98. The number of nitrogens with zero attached hydrogens (tertiary/aromatic N) is 3. The van der Waals surface area contributed by atoms with Crippen LogP contribution in [0.15, 0.2) is 47.4 Å². The summed E-state index contributed by atoms with van der Waals surface area (Å²) < 4.78 is 38.7. The normalized spacial score (nSPS) is 14.0. The van der Waals surface area contributed by atoms with E-state index in [0.717, 1.165) is 9.87 Å². The minimum atomic E-state index is -4.12. The van der Waals surface area contributed by atoms with Gasteiger partial charge in [0.05, 0.1) is 24.3 Å². The lowest BCUT2D eigenvalue weighted by atomic mass is 10.2. The van der Waals surface area contributed by atoms with Crippen LogP contribution >= 0.6 is 11.6 Å². The Bertz CT molecular complexity index is 1130. The molecule has 0 aromatic heterocycles. The van der Waals surface area contributed by atoms with Gasteiger partial charge in [0.15, 0.2) is 0 Å². The van der Waals surface area contributed by atoms with Crippen molar-refractivity contribution in [2.45, 2.75) is 18.7 Å². The van der Waals surface area contributed by atoms with Crippen molar-refractivity contribution in [1.82, 2.24) is 9.80 Å². The molecule has 1 heterocycles. The van der Waals surface area contributed by atoms with Crippen molar-refractivity contribution in [2.75, 3.05) is 50.7 Å². The lowest BCUT2D eigenvalue weighted by Gasteiger charge is -2.35. The van der Waals surface area contributed by atoms with Crippen LogP contribution in [-0.4, -0.2) is 76.7 Å². The zero-order valence-corrected chi connectivity index (χ0v) is 20.9. The third kappa shape index (κ3) is 5.74. The van der Waals surface area contributed by atoms with Gasteiger partial charge in [-0.05, 0) is 44.2 Å². The molecule has 1 fully saturated rings. The van der Waals surface area contributed by atoms with Gasteiger partial charge >= 0.3 is 6.09 Å². The number of methoxy groups -OCH3 is 1. The number of benzene rings is 2. The highest BCUT2D eigenvalue weighted by atomic mass is 35.5. The van der Waals surface area contributed by atoms with Crippen molar-refractivity contribution in [3.05, 3.63) is 53.1 Å². The maximum atomic E-state index is 13.6. The molecule has 1 aliphatic heterocycles. The van der Waals surface area contributed by atoms with E-state index in [9.17, 15) is 18.0 Å². The fourth-order valence-corrected chi connectivity index (χ4v) is 5.15. The summed E-state index contributed by atoms with van der Waals surface area (Å²) in [5, 5.41) is 0.301. The number of hydrogen-bond donors (Lipinski definition) is 0. The van der Waals surface area contributed by atoms with Crippen LogP contribution in [0.3, 0.4) is 0 Å². The van der Waals surface area contributed by atoms with Crippen LogP contribution in [0.2, 0.25) is 5.02 Å². The summed E-state index contributed by atoms with van der Waals surface area (Å²) in [5.41, 5.74) is 1.07. The first kappa shape index (κ1) is 25.6. The summed E-state index contributed by atoms with van der Waals surface area (Å²) in [6, 6.07) is 11.0. The van der Waals surface area contributed by atoms with Crippen molar-refractivity contribution in [2.24, 2.45) is 0 Å². The minimum absolute atomic E-state index is 0.0417. The number of rotatable bonds is 7. The maximum absolute atomic E-state index is 13.6. The first-order chi connectivity index (χ1) is 16.2. The van der Waals surface area contributed by atoms with Crippen LogP contribution in [0.1, 0.15) is 12.5 Å². The smallest absolute Gasteiger partial charge is 0.409 e. The van der Waals surface area contributed by atoms with Gasteiger partial charge in [0.1, 0.15) is 12.3 Å². The number of piperazine rings is 1. The van der Waals surface area contributed by atoms with E-state index in [1.54, 1.807) is 31.2 Å². The van der Waals surface area contributed by atoms with Crippen LogP contribution in [0.4, 0.5) is 10.5 Å². The number of halogens is 1. The number of amides is 2. The minimum Gasteiger partial charge on any atom is -0.495 e. The molecule has 0 atom stereocenters. The van der Waals surface area contributed by atoms with Crippen molar-refractivity contribution >= 4 is 39.3 Å². The van der Waals surface area contributed by atoms with E-state index in [4.69, 9.17) is 21.1 Å². The number of aryl methyl sites for hydroxylation is 1. The molecule has 0 N–H and O–H groups in total. The monoisotopic (exact) mass is 509 g/mol. The Balaban J connectivity index is 1.90. The molecule has 1 saturated heterocycles. The first-order valence-electron chi connectivity index (χ1n) is 10.8. The zero-order chi connectivity index (χ0) is 24.9. The summed E-state index contributed by atoms with van der Waals surface area (Å²) in [6.07, 6.45) is -0.429. The van der Waals surface area contributed by atoms with E-state index in [-0.39, 0.29) is 36.0 Å². The predicted octanol–water partition coefficient (Wildman–Crippen LogP) is 3.15. The SMILES string of the molecule is CCOC(=O)N1CCN(C(=O)CN(c2cc(Cl)ccc2OC)S(=O)(=O)c2ccc(C)cc2)CC1. The van der Waals surface area contributed by atoms with Gasteiger partial charge in [-0.15, -0.1) is 0 Å². The molecule has 2 aromatic carbocycles. The zero-order valence-electron chi connectivity index (χ0n) is 19.4. The van der Waals surface area contributed by atoms with Crippen molar-refractivity contribution in [3.8, 4) is 5.75 Å². The fourth-order valence-electron chi connectivity index (χ4n) is 3.57. The van der Waals surface area contributed by atoms with E-state index in [1.807, 2.05) is 6.92 Å². The van der Waals surface area contributed by atoms with E-state index >= 15 is 0 Å². The van der Waals surface area contributed by atoms with Crippen LogP contribution in [-0.2, 0) is 19.6 Å².